The highest BCUT2D eigenvalue weighted by molar-refractivity contribution is 7.99. The average molecular weight is 409 g/mol. The maximum absolute atomic E-state index is 12.2. The van der Waals surface area contributed by atoms with Crippen molar-refractivity contribution in [3.8, 4) is 0 Å². The van der Waals surface area contributed by atoms with Crippen LogP contribution in [0, 0.1) is 0 Å². The van der Waals surface area contributed by atoms with Gasteiger partial charge in [-0.2, -0.15) is 0 Å². The molecule has 1 unspecified atom stereocenters. The molecule has 8 nitrogen and oxygen atoms in total. The molecule has 1 fully saturated rings. The second kappa shape index (κ2) is 8.13. The van der Waals surface area contributed by atoms with E-state index in [9.17, 15) is 18.0 Å². The van der Waals surface area contributed by atoms with Crippen LogP contribution in [0.2, 0.25) is 0 Å². The summed E-state index contributed by atoms with van der Waals surface area (Å²) in [5, 5.41) is 6.26. The minimum Gasteiger partial charge on any atom is -0.348 e. The Bertz CT molecular complexity index is 938. The molecule has 1 aliphatic heterocycles. The summed E-state index contributed by atoms with van der Waals surface area (Å²) in [5.41, 5.74) is 1.00. The molecule has 2 amide bonds. The van der Waals surface area contributed by atoms with Crippen molar-refractivity contribution in [1.29, 1.82) is 0 Å². The van der Waals surface area contributed by atoms with Gasteiger partial charge in [0.1, 0.15) is 0 Å². The lowest BCUT2D eigenvalue weighted by atomic mass is 10.1. The molecule has 3 rings (SSSR count). The molecule has 0 bridgehead atoms. The van der Waals surface area contributed by atoms with E-state index in [4.69, 9.17) is 0 Å². The number of imidazole rings is 1. The van der Waals surface area contributed by atoms with Crippen LogP contribution < -0.4 is 10.6 Å². The van der Waals surface area contributed by atoms with Crippen molar-refractivity contribution in [1.82, 2.24) is 14.9 Å². The van der Waals surface area contributed by atoms with Gasteiger partial charge >= 0.3 is 0 Å². The minimum atomic E-state index is -3.04. The number of nitrogens with zero attached hydrogens (tertiary/aromatic N) is 2. The Morgan fingerprint density at radius 1 is 1.30 bits per heavy atom. The predicted molar refractivity (Wildman–Crippen MR) is 104 cm³/mol. The number of nitrogens with one attached hydrogen (secondary N) is 2. The predicted octanol–water partition coefficient (Wildman–Crippen LogP) is 1.07. The van der Waals surface area contributed by atoms with E-state index in [0.717, 1.165) is 5.16 Å². The van der Waals surface area contributed by atoms with Crippen LogP contribution in [0.3, 0.4) is 0 Å². The van der Waals surface area contributed by atoms with Gasteiger partial charge < -0.3 is 15.2 Å². The summed E-state index contributed by atoms with van der Waals surface area (Å²) in [6, 6.07) is 6.14. The smallest absolute Gasteiger partial charge is 0.251 e. The quantitative estimate of drug-likeness (QED) is 0.692. The van der Waals surface area contributed by atoms with Crippen molar-refractivity contribution in [3.63, 3.8) is 0 Å². The van der Waals surface area contributed by atoms with Crippen LogP contribution in [0.4, 0.5) is 5.69 Å². The SMILES string of the molecule is Cn1ccnc1SCC(=O)Nc1ccc(C(=O)NC2CCS(=O)(=O)C2)cc1. The molecule has 0 radical (unpaired) electrons. The lowest BCUT2D eigenvalue weighted by molar-refractivity contribution is -0.113. The van der Waals surface area contributed by atoms with Gasteiger partial charge in [-0.3, -0.25) is 9.59 Å². The second-order valence-corrected chi connectivity index (χ2v) is 9.48. The number of aromatic nitrogens is 2. The van der Waals surface area contributed by atoms with Gasteiger partial charge in [0.25, 0.3) is 5.91 Å². The lowest BCUT2D eigenvalue weighted by Gasteiger charge is -2.11. The Hall–Kier alpha value is -2.33. The molecule has 10 heteroatoms. The third kappa shape index (κ3) is 5.33. The number of rotatable bonds is 6. The van der Waals surface area contributed by atoms with Gasteiger partial charge in [-0.1, -0.05) is 11.8 Å². The third-order valence-corrected chi connectivity index (χ3v) is 6.93. The molecule has 2 N–H and O–H groups in total. The molecule has 27 heavy (non-hydrogen) atoms. The molecule has 144 valence electrons. The van der Waals surface area contributed by atoms with E-state index in [-0.39, 0.29) is 35.1 Å². The number of benzene rings is 1. The Balaban J connectivity index is 1.50. The van der Waals surface area contributed by atoms with Crippen LogP contribution in [0.15, 0.2) is 41.8 Å². The maximum atomic E-state index is 12.2. The second-order valence-electron chi connectivity index (χ2n) is 6.31. The van der Waals surface area contributed by atoms with E-state index in [2.05, 4.69) is 15.6 Å². The molecule has 1 saturated heterocycles. The Kier molecular flexibility index (Phi) is 5.85. The van der Waals surface area contributed by atoms with Gasteiger partial charge in [-0.05, 0) is 30.7 Å². The fraction of sp³-hybridized carbons (Fsp3) is 0.353. The number of hydrogen-bond acceptors (Lipinski definition) is 6. The van der Waals surface area contributed by atoms with Gasteiger partial charge in [-0.25, -0.2) is 13.4 Å². The van der Waals surface area contributed by atoms with E-state index >= 15 is 0 Å². The molecular formula is C17H20N4O4S2. The molecule has 1 aromatic carbocycles. The lowest BCUT2D eigenvalue weighted by Crippen LogP contribution is -2.35. The topological polar surface area (TPSA) is 110 Å². The Morgan fingerprint density at radius 2 is 2.04 bits per heavy atom. The zero-order valence-corrected chi connectivity index (χ0v) is 16.3. The molecule has 2 aromatic rings. The number of sulfone groups is 1. The number of carbonyl (C=O) groups is 2. The number of anilines is 1. The van der Waals surface area contributed by atoms with Crippen molar-refractivity contribution in [2.24, 2.45) is 7.05 Å². The zero-order valence-electron chi connectivity index (χ0n) is 14.7. The third-order valence-electron chi connectivity index (χ3n) is 4.11. The first-order chi connectivity index (χ1) is 12.8. The van der Waals surface area contributed by atoms with Crippen molar-refractivity contribution >= 4 is 39.1 Å². The van der Waals surface area contributed by atoms with E-state index < -0.39 is 9.84 Å². The molecule has 1 aliphatic rings. The van der Waals surface area contributed by atoms with Crippen LogP contribution in [0.25, 0.3) is 0 Å². The first-order valence-corrected chi connectivity index (χ1v) is 11.1. The van der Waals surface area contributed by atoms with E-state index in [1.54, 1.807) is 30.5 Å². The summed E-state index contributed by atoms with van der Waals surface area (Å²) < 4.78 is 24.7. The Labute approximate surface area is 161 Å². The fourth-order valence-electron chi connectivity index (χ4n) is 2.70. The number of carbonyl (C=O) groups excluding carboxylic acids is 2. The highest BCUT2D eigenvalue weighted by Crippen LogP contribution is 2.16. The van der Waals surface area contributed by atoms with Gasteiger partial charge in [0.2, 0.25) is 5.91 Å². The van der Waals surface area contributed by atoms with Crippen molar-refractivity contribution < 1.29 is 18.0 Å². The first kappa shape index (κ1) is 19.4. The van der Waals surface area contributed by atoms with Crippen LogP contribution in [0.1, 0.15) is 16.8 Å². The van der Waals surface area contributed by atoms with Crippen molar-refractivity contribution in [3.05, 3.63) is 42.2 Å². The largest absolute Gasteiger partial charge is 0.348 e. The molecule has 0 saturated carbocycles. The number of amides is 2. The number of hydrogen-bond donors (Lipinski definition) is 2. The zero-order chi connectivity index (χ0) is 19.4. The van der Waals surface area contributed by atoms with Crippen LogP contribution in [-0.2, 0) is 21.7 Å². The average Bonchev–Trinajstić information content (AvgIpc) is 3.18. The molecule has 0 spiro atoms. The number of thioether (sulfide) groups is 1. The molecule has 1 atom stereocenters. The summed E-state index contributed by atoms with van der Waals surface area (Å²) in [4.78, 5) is 28.4. The molecular weight excluding hydrogens is 388 g/mol. The maximum Gasteiger partial charge on any atom is 0.251 e. The number of aryl methyl sites for hydroxylation is 1. The van der Waals surface area contributed by atoms with E-state index in [0.29, 0.717) is 17.7 Å². The monoisotopic (exact) mass is 408 g/mol. The fourth-order valence-corrected chi connectivity index (χ4v) is 5.11. The highest BCUT2D eigenvalue weighted by Gasteiger charge is 2.29. The van der Waals surface area contributed by atoms with Crippen molar-refractivity contribution in [2.45, 2.75) is 17.6 Å². The minimum absolute atomic E-state index is 0.0133. The van der Waals surface area contributed by atoms with E-state index in [1.807, 2.05) is 17.8 Å². The summed E-state index contributed by atoms with van der Waals surface area (Å²) in [5.74, 6) is -0.167. The summed E-state index contributed by atoms with van der Waals surface area (Å²) in [7, 11) is -1.18. The Morgan fingerprint density at radius 3 is 2.63 bits per heavy atom. The normalized spacial score (nSPS) is 18.2. The van der Waals surface area contributed by atoms with E-state index in [1.165, 1.54) is 11.8 Å². The van der Waals surface area contributed by atoms with Crippen LogP contribution in [-0.4, -0.2) is 53.1 Å². The van der Waals surface area contributed by atoms with Gasteiger partial charge in [0.05, 0.1) is 17.3 Å². The van der Waals surface area contributed by atoms with Gasteiger partial charge in [0, 0.05) is 36.7 Å². The first-order valence-electron chi connectivity index (χ1n) is 8.34. The van der Waals surface area contributed by atoms with Crippen molar-refractivity contribution in [2.75, 3.05) is 22.6 Å². The van der Waals surface area contributed by atoms with Crippen LogP contribution in [0.5, 0.6) is 0 Å². The molecule has 2 heterocycles. The molecule has 0 aliphatic carbocycles. The van der Waals surface area contributed by atoms with Crippen LogP contribution >= 0.6 is 11.8 Å². The molecule has 1 aromatic heterocycles. The summed E-state index contributed by atoms with van der Waals surface area (Å²) >= 11 is 1.33. The standard InChI is InChI=1S/C17H20N4O4S2/c1-21-8-7-18-17(21)26-10-15(22)19-13-4-2-12(3-5-13)16(23)20-14-6-9-27(24,25)11-14/h2-5,7-8,14H,6,9-11H2,1H3,(H,19,22)(H,20,23). The van der Waals surface area contributed by atoms with Gasteiger partial charge in [0.15, 0.2) is 15.0 Å². The summed E-state index contributed by atoms with van der Waals surface area (Å²) in [6.45, 7) is 0. The van der Waals surface area contributed by atoms with Gasteiger partial charge in [-0.15, -0.1) is 0 Å². The highest BCUT2D eigenvalue weighted by atomic mass is 32.2. The summed E-state index contributed by atoms with van der Waals surface area (Å²) in [6.07, 6.45) is 3.92.